The third-order valence-corrected chi connectivity index (χ3v) is 3.98. The van der Waals surface area contributed by atoms with E-state index in [0.717, 1.165) is 33.9 Å². The van der Waals surface area contributed by atoms with E-state index in [0.29, 0.717) is 0 Å². The molecule has 0 N–H and O–H groups in total. The summed E-state index contributed by atoms with van der Waals surface area (Å²) in [5, 5.41) is 0. The Bertz CT molecular complexity index is 662. The van der Waals surface area contributed by atoms with Crippen molar-refractivity contribution in [2.24, 2.45) is 0 Å². The van der Waals surface area contributed by atoms with E-state index in [2.05, 4.69) is 32.9 Å². The summed E-state index contributed by atoms with van der Waals surface area (Å²) in [6.07, 6.45) is 2.06. The smallest absolute Gasteiger partial charge is 0.290 e. The summed E-state index contributed by atoms with van der Waals surface area (Å²) in [6.45, 7) is 14.1. The Morgan fingerprint density at radius 3 is 2.30 bits per heavy atom. The number of nitrogens with zero attached hydrogens (tertiary/aromatic N) is 2. The van der Waals surface area contributed by atoms with Crippen LogP contribution in [0.1, 0.15) is 51.6 Å². The van der Waals surface area contributed by atoms with Crippen LogP contribution in [0.4, 0.5) is 4.32 Å². The highest BCUT2D eigenvalue weighted by Gasteiger charge is 2.50. The average Bonchev–Trinajstić information content (AvgIpc) is 2.86. The van der Waals surface area contributed by atoms with Gasteiger partial charge >= 0.3 is 7.26 Å². The van der Waals surface area contributed by atoms with Crippen molar-refractivity contribution in [3.05, 3.63) is 40.4 Å². The SMILES string of the molecule is CC.CC1=CC(C)=[N+]2B(F)n3c(C)cc(C)c3C(C)=C12. The molecule has 3 heterocycles. The summed E-state index contributed by atoms with van der Waals surface area (Å²) in [5.74, 6) is 0. The van der Waals surface area contributed by atoms with Crippen LogP contribution in [-0.4, -0.2) is 21.9 Å². The highest BCUT2D eigenvalue weighted by atomic mass is 19.1. The molecule has 0 aliphatic carbocycles. The maximum absolute atomic E-state index is 14.8. The van der Waals surface area contributed by atoms with Crippen molar-refractivity contribution in [3.8, 4) is 0 Å². The van der Waals surface area contributed by atoms with Crippen molar-refractivity contribution in [2.75, 3.05) is 0 Å². The lowest BCUT2D eigenvalue weighted by molar-refractivity contribution is -0.337. The minimum atomic E-state index is -1.12. The Morgan fingerprint density at radius 2 is 1.70 bits per heavy atom. The van der Waals surface area contributed by atoms with Gasteiger partial charge in [0, 0.05) is 35.5 Å². The van der Waals surface area contributed by atoms with Crippen molar-refractivity contribution in [1.29, 1.82) is 0 Å². The molecule has 4 heteroatoms. The first-order valence-electron chi connectivity index (χ1n) is 7.28. The van der Waals surface area contributed by atoms with Gasteiger partial charge < -0.3 is 0 Å². The van der Waals surface area contributed by atoms with Crippen LogP contribution in [0.5, 0.6) is 0 Å². The van der Waals surface area contributed by atoms with Gasteiger partial charge in [-0.1, -0.05) is 13.8 Å². The van der Waals surface area contributed by atoms with E-state index in [4.69, 9.17) is 0 Å². The summed E-state index contributed by atoms with van der Waals surface area (Å²) in [6, 6.07) is 2.06. The molecule has 2 aliphatic rings. The first-order chi connectivity index (χ1) is 9.43. The van der Waals surface area contributed by atoms with Crippen molar-refractivity contribution >= 4 is 18.5 Å². The summed E-state index contributed by atoms with van der Waals surface area (Å²) in [5.41, 5.74) is 7.49. The quantitative estimate of drug-likeness (QED) is 0.628. The minimum absolute atomic E-state index is 0.978. The average molecular weight is 273 g/mol. The zero-order valence-corrected chi connectivity index (χ0v) is 13.5. The second-order valence-electron chi connectivity index (χ2n) is 5.31. The van der Waals surface area contributed by atoms with Crippen LogP contribution in [0.3, 0.4) is 0 Å². The van der Waals surface area contributed by atoms with Crippen molar-refractivity contribution in [3.63, 3.8) is 0 Å². The third-order valence-electron chi connectivity index (χ3n) is 3.98. The molecule has 106 valence electrons. The van der Waals surface area contributed by atoms with Crippen LogP contribution in [0.15, 0.2) is 23.4 Å². The van der Waals surface area contributed by atoms with Crippen LogP contribution in [0, 0.1) is 13.8 Å². The lowest BCUT2D eigenvalue weighted by Crippen LogP contribution is -2.40. The van der Waals surface area contributed by atoms with Gasteiger partial charge in [0.15, 0.2) is 11.4 Å². The van der Waals surface area contributed by atoms with Gasteiger partial charge in [0.05, 0.1) is 0 Å². The predicted octanol–water partition coefficient (Wildman–Crippen LogP) is 4.11. The fourth-order valence-electron chi connectivity index (χ4n) is 3.36. The van der Waals surface area contributed by atoms with Gasteiger partial charge in [-0.25, -0.2) is 8.80 Å². The standard InChI is InChI=1S/C14H17BFN2.C2H6/c1-8-6-10(3)17-13(8)12(5)14-9(2)7-11(4)18(14)15(17)16;1-2/h6-7H,1-5H3;1-2H3/q+1;. The largest absolute Gasteiger partial charge is 0.846 e. The van der Waals surface area contributed by atoms with Gasteiger partial charge in [-0.2, -0.15) is 0 Å². The molecular formula is C16H23BFN2+. The Morgan fingerprint density at radius 1 is 1.10 bits per heavy atom. The highest BCUT2D eigenvalue weighted by Crippen LogP contribution is 2.36. The number of fused-ring (bicyclic) bond motifs is 2. The van der Waals surface area contributed by atoms with Crippen LogP contribution in [0.2, 0.25) is 0 Å². The number of aromatic nitrogens is 1. The van der Waals surface area contributed by atoms with E-state index in [1.54, 1.807) is 8.96 Å². The summed E-state index contributed by atoms with van der Waals surface area (Å²) < 4.78 is 18.4. The monoisotopic (exact) mass is 273 g/mol. The third kappa shape index (κ3) is 1.81. The molecule has 0 radical (unpaired) electrons. The number of halogens is 1. The van der Waals surface area contributed by atoms with E-state index < -0.39 is 7.26 Å². The van der Waals surface area contributed by atoms with Crippen molar-refractivity contribution in [2.45, 2.75) is 48.5 Å². The van der Waals surface area contributed by atoms with Crippen LogP contribution in [0.25, 0.3) is 5.57 Å². The fourth-order valence-corrected chi connectivity index (χ4v) is 3.36. The van der Waals surface area contributed by atoms with Gasteiger partial charge in [-0.3, -0.25) is 4.48 Å². The molecule has 0 atom stereocenters. The van der Waals surface area contributed by atoms with Gasteiger partial charge in [0.25, 0.3) is 0 Å². The van der Waals surface area contributed by atoms with E-state index in [9.17, 15) is 4.32 Å². The lowest BCUT2D eigenvalue weighted by Gasteiger charge is -2.19. The van der Waals surface area contributed by atoms with Gasteiger partial charge in [0.2, 0.25) is 0 Å². The molecule has 0 aromatic carbocycles. The van der Waals surface area contributed by atoms with E-state index in [-0.39, 0.29) is 0 Å². The lowest BCUT2D eigenvalue weighted by atomic mass is 9.91. The Kier molecular flexibility index (Phi) is 3.76. The van der Waals surface area contributed by atoms with Crippen LogP contribution >= 0.6 is 0 Å². The molecule has 0 spiro atoms. The van der Waals surface area contributed by atoms with Crippen LogP contribution in [-0.2, 0) is 0 Å². The molecule has 3 rings (SSSR count). The van der Waals surface area contributed by atoms with Gasteiger partial charge in [-0.05, 0) is 39.3 Å². The molecule has 0 saturated carbocycles. The molecule has 0 saturated heterocycles. The van der Waals surface area contributed by atoms with Gasteiger partial charge in [0.1, 0.15) is 0 Å². The maximum atomic E-state index is 14.8. The second kappa shape index (κ2) is 5.08. The first kappa shape index (κ1) is 14.8. The number of allylic oxidation sites excluding steroid dienone is 3. The molecular weight excluding hydrogens is 250 g/mol. The number of hydrogen-bond acceptors (Lipinski definition) is 0. The Labute approximate surface area is 121 Å². The normalized spacial score (nSPS) is 16.8. The number of rotatable bonds is 0. The second-order valence-corrected chi connectivity index (χ2v) is 5.31. The summed E-state index contributed by atoms with van der Waals surface area (Å²) in [4.78, 5) is 0. The summed E-state index contributed by atoms with van der Waals surface area (Å²) >= 11 is 0. The molecule has 0 bridgehead atoms. The Hall–Kier alpha value is -1.58. The zero-order valence-electron chi connectivity index (χ0n) is 13.5. The highest BCUT2D eigenvalue weighted by molar-refractivity contribution is 6.43. The molecule has 1 aromatic heterocycles. The predicted molar refractivity (Wildman–Crippen MR) is 84.8 cm³/mol. The van der Waals surface area contributed by atoms with Crippen LogP contribution < -0.4 is 0 Å². The van der Waals surface area contributed by atoms with Crippen molar-refractivity contribution < 1.29 is 8.80 Å². The zero-order chi connectivity index (χ0) is 15.2. The molecule has 2 nitrogen and oxygen atoms in total. The molecule has 1 aromatic rings. The molecule has 0 amide bonds. The Balaban J connectivity index is 0.000000704. The first-order valence-corrected chi connectivity index (χ1v) is 7.28. The maximum Gasteiger partial charge on any atom is 0.846 e. The van der Waals surface area contributed by atoms with E-state index >= 15 is 0 Å². The molecule has 0 unspecified atom stereocenters. The molecule has 20 heavy (non-hydrogen) atoms. The minimum Gasteiger partial charge on any atom is -0.290 e. The van der Waals surface area contributed by atoms with Crippen molar-refractivity contribution in [1.82, 2.24) is 4.48 Å². The summed E-state index contributed by atoms with van der Waals surface area (Å²) in [7, 11) is -1.12. The molecule has 0 fully saturated rings. The van der Waals surface area contributed by atoms with E-state index in [1.165, 1.54) is 5.57 Å². The fraction of sp³-hybridized carbons (Fsp3) is 0.438. The van der Waals surface area contributed by atoms with Gasteiger partial charge in [-0.15, -0.1) is 0 Å². The number of aryl methyl sites for hydroxylation is 2. The molecule has 2 aliphatic heterocycles. The van der Waals surface area contributed by atoms with E-state index in [1.807, 2.05) is 27.7 Å². The topological polar surface area (TPSA) is 7.94 Å². The number of hydrogen-bond donors (Lipinski definition) is 0.